The zero-order valence-corrected chi connectivity index (χ0v) is 12.3. The maximum atomic E-state index is 5.86. The largest absolute Gasteiger partial charge is 0.489 e. The monoisotopic (exact) mass is 290 g/mol. The summed E-state index contributed by atoms with van der Waals surface area (Å²) in [5.41, 5.74) is 10.2. The van der Waals surface area contributed by atoms with E-state index in [0.29, 0.717) is 13.2 Å². The molecule has 0 aliphatic heterocycles. The molecule has 3 nitrogen and oxygen atoms in total. The Morgan fingerprint density at radius 1 is 0.818 bits per heavy atom. The van der Waals surface area contributed by atoms with Crippen molar-refractivity contribution in [3.8, 4) is 16.9 Å². The average molecular weight is 290 g/mol. The van der Waals surface area contributed by atoms with Gasteiger partial charge in [0.05, 0.1) is 0 Å². The number of benzene rings is 2. The Kier molecular flexibility index (Phi) is 4.47. The molecule has 3 aromatic rings. The highest BCUT2D eigenvalue weighted by atomic mass is 16.5. The molecule has 0 saturated heterocycles. The second kappa shape index (κ2) is 6.87. The van der Waals surface area contributed by atoms with E-state index in [1.165, 1.54) is 0 Å². The van der Waals surface area contributed by atoms with Crippen LogP contribution in [0, 0.1) is 0 Å². The lowest BCUT2D eigenvalue weighted by Crippen LogP contribution is -1.96. The number of hydrogen-bond acceptors (Lipinski definition) is 3. The maximum Gasteiger partial charge on any atom is 0.120 e. The van der Waals surface area contributed by atoms with Gasteiger partial charge in [-0.25, -0.2) is 0 Å². The minimum absolute atomic E-state index is 0.537. The summed E-state index contributed by atoms with van der Waals surface area (Å²) in [4.78, 5) is 4.00. The van der Waals surface area contributed by atoms with Crippen molar-refractivity contribution in [3.63, 3.8) is 0 Å². The summed E-state index contributed by atoms with van der Waals surface area (Å²) in [6, 6.07) is 20.3. The van der Waals surface area contributed by atoms with Crippen LogP contribution in [-0.2, 0) is 13.2 Å². The Hall–Kier alpha value is -2.65. The highest BCUT2D eigenvalue weighted by Gasteiger charge is 2.02. The zero-order valence-electron chi connectivity index (χ0n) is 12.3. The lowest BCUT2D eigenvalue weighted by molar-refractivity contribution is 0.306. The third-order valence-corrected chi connectivity index (χ3v) is 3.48. The summed E-state index contributed by atoms with van der Waals surface area (Å²) in [6.45, 7) is 1.08. The van der Waals surface area contributed by atoms with E-state index < -0.39 is 0 Å². The van der Waals surface area contributed by atoms with Crippen LogP contribution >= 0.6 is 0 Å². The van der Waals surface area contributed by atoms with Crippen LogP contribution in [0.2, 0.25) is 0 Å². The lowest BCUT2D eigenvalue weighted by Gasteiger charge is -2.09. The summed E-state index contributed by atoms with van der Waals surface area (Å²) < 4.78 is 5.86. The summed E-state index contributed by atoms with van der Waals surface area (Å²) in [7, 11) is 0. The maximum absolute atomic E-state index is 5.86. The first kappa shape index (κ1) is 14.3. The molecule has 0 aliphatic rings. The van der Waals surface area contributed by atoms with Crippen molar-refractivity contribution in [3.05, 3.63) is 84.2 Å². The molecule has 1 heterocycles. The van der Waals surface area contributed by atoms with E-state index in [1.807, 2.05) is 36.4 Å². The van der Waals surface area contributed by atoms with Crippen molar-refractivity contribution < 1.29 is 4.74 Å². The molecule has 3 rings (SSSR count). The third-order valence-electron chi connectivity index (χ3n) is 3.48. The highest BCUT2D eigenvalue weighted by Crippen LogP contribution is 2.25. The summed E-state index contributed by atoms with van der Waals surface area (Å²) in [5, 5.41) is 0. The Morgan fingerprint density at radius 2 is 1.55 bits per heavy atom. The smallest absolute Gasteiger partial charge is 0.120 e. The van der Waals surface area contributed by atoms with Gasteiger partial charge in [0, 0.05) is 18.9 Å². The number of nitrogens with zero attached hydrogens (tertiary/aromatic N) is 1. The molecule has 2 N–H and O–H groups in total. The van der Waals surface area contributed by atoms with Crippen molar-refractivity contribution >= 4 is 0 Å². The SMILES string of the molecule is NCc1cccc(-c2cccc(OCc3ccncc3)c2)c1. The van der Waals surface area contributed by atoms with Crippen molar-refractivity contribution in [1.29, 1.82) is 0 Å². The van der Waals surface area contributed by atoms with Crippen LogP contribution in [0.25, 0.3) is 11.1 Å². The Morgan fingerprint density at radius 3 is 2.32 bits per heavy atom. The van der Waals surface area contributed by atoms with E-state index in [2.05, 4.69) is 29.2 Å². The molecule has 0 spiro atoms. The zero-order chi connectivity index (χ0) is 15.2. The molecule has 0 saturated carbocycles. The number of aromatic nitrogens is 1. The van der Waals surface area contributed by atoms with Gasteiger partial charge in [-0.3, -0.25) is 4.98 Å². The van der Waals surface area contributed by atoms with Crippen LogP contribution in [0.15, 0.2) is 73.1 Å². The van der Waals surface area contributed by atoms with Crippen LogP contribution in [0.3, 0.4) is 0 Å². The molecule has 2 aromatic carbocycles. The molecular weight excluding hydrogens is 272 g/mol. The van der Waals surface area contributed by atoms with Crippen molar-refractivity contribution in [1.82, 2.24) is 4.98 Å². The van der Waals surface area contributed by atoms with E-state index in [1.54, 1.807) is 12.4 Å². The van der Waals surface area contributed by atoms with Gasteiger partial charge in [0.25, 0.3) is 0 Å². The number of ether oxygens (including phenoxy) is 1. The molecule has 0 amide bonds. The van der Waals surface area contributed by atoms with Gasteiger partial charge in [0.15, 0.2) is 0 Å². The Balaban J connectivity index is 1.77. The topological polar surface area (TPSA) is 48.1 Å². The number of pyridine rings is 1. The number of nitrogens with two attached hydrogens (primary N) is 1. The molecule has 0 bridgehead atoms. The quantitative estimate of drug-likeness (QED) is 0.777. The molecule has 0 radical (unpaired) electrons. The Bertz CT molecular complexity index is 741. The summed E-state index contributed by atoms with van der Waals surface area (Å²) in [5.74, 6) is 0.854. The fraction of sp³-hybridized carbons (Fsp3) is 0.105. The minimum atomic E-state index is 0.537. The first-order valence-electron chi connectivity index (χ1n) is 7.26. The second-order valence-electron chi connectivity index (χ2n) is 5.08. The second-order valence-corrected chi connectivity index (χ2v) is 5.08. The van der Waals surface area contributed by atoms with Crippen LogP contribution in [0.4, 0.5) is 0 Å². The van der Waals surface area contributed by atoms with Gasteiger partial charge in [-0.1, -0.05) is 30.3 Å². The fourth-order valence-corrected chi connectivity index (χ4v) is 2.29. The molecule has 0 unspecified atom stereocenters. The van der Waals surface area contributed by atoms with Gasteiger partial charge >= 0.3 is 0 Å². The summed E-state index contributed by atoms with van der Waals surface area (Å²) in [6.07, 6.45) is 3.54. The minimum Gasteiger partial charge on any atom is -0.489 e. The van der Waals surface area contributed by atoms with Crippen molar-refractivity contribution in [2.75, 3.05) is 0 Å². The van der Waals surface area contributed by atoms with E-state index in [4.69, 9.17) is 10.5 Å². The molecule has 110 valence electrons. The number of rotatable bonds is 5. The first-order valence-corrected chi connectivity index (χ1v) is 7.26. The molecule has 0 aliphatic carbocycles. The number of hydrogen-bond donors (Lipinski definition) is 1. The fourth-order valence-electron chi connectivity index (χ4n) is 2.29. The van der Waals surface area contributed by atoms with Gasteiger partial charge in [0.2, 0.25) is 0 Å². The average Bonchev–Trinajstić information content (AvgIpc) is 2.61. The highest BCUT2D eigenvalue weighted by molar-refractivity contribution is 5.65. The van der Waals surface area contributed by atoms with Gasteiger partial charge in [-0.15, -0.1) is 0 Å². The predicted octanol–water partition coefficient (Wildman–Crippen LogP) is 3.79. The molecule has 22 heavy (non-hydrogen) atoms. The van der Waals surface area contributed by atoms with Gasteiger partial charge < -0.3 is 10.5 Å². The molecule has 0 atom stereocenters. The van der Waals surface area contributed by atoms with Crippen LogP contribution < -0.4 is 10.5 Å². The molecular formula is C19H18N2O. The molecule has 3 heteroatoms. The normalized spacial score (nSPS) is 10.4. The van der Waals surface area contributed by atoms with Crippen LogP contribution in [-0.4, -0.2) is 4.98 Å². The summed E-state index contributed by atoms with van der Waals surface area (Å²) >= 11 is 0. The van der Waals surface area contributed by atoms with E-state index >= 15 is 0 Å². The third kappa shape index (κ3) is 3.51. The van der Waals surface area contributed by atoms with Crippen LogP contribution in [0.5, 0.6) is 5.75 Å². The van der Waals surface area contributed by atoms with Crippen molar-refractivity contribution in [2.45, 2.75) is 13.2 Å². The van der Waals surface area contributed by atoms with Gasteiger partial charge in [0.1, 0.15) is 12.4 Å². The lowest BCUT2D eigenvalue weighted by atomic mass is 10.0. The Labute approximate surface area is 130 Å². The first-order chi connectivity index (χ1) is 10.8. The van der Waals surface area contributed by atoms with E-state index in [9.17, 15) is 0 Å². The van der Waals surface area contributed by atoms with E-state index in [-0.39, 0.29) is 0 Å². The molecule has 1 aromatic heterocycles. The van der Waals surface area contributed by atoms with Crippen molar-refractivity contribution in [2.24, 2.45) is 5.73 Å². The van der Waals surface area contributed by atoms with Gasteiger partial charge in [-0.2, -0.15) is 0 Å². The predicted molar refractivity (Wildman–Crippen MR) is 88.3 cm³/mol. The van der Waals surface area contributed by atoms with Crippen LogP contribution in [0.1, 0.15) is 11.1 Å². The standard InChI is InChI=1S/C19H18N2O/c20-13-16-3-1-4-17(11-16)18-5-2-6-19(12-18)22-14-15-7-9-21-10-8-15/h1-12H,13-14,20H2. The van der Waals surface area contributed by atoms with Gasteiger partial charge in [-0.05, 0) is 52.6 Å². The molecule has 0 fully saturated rings. The van der Waals surface area contributed by atoms with E-state index in [0.717, 1.165) is 28.0 Å².